The smallest absolute Gasteiger partial charge is 0.142 e. The fraction of sp³-hybridized carbons (Fsp3) is 0.571. The Hall–Kier alpha value is -0.740. The largest absolute Gasteiger partial charge is 0.495 e. The zero-order valence-electron chi connectivity index (χ0n) is 11.6. The van der Waals surface area contributed by atoms with Crippen molar-refractivity contribution < 1.29 is 14.6 Å². The van der Waals surface area contributed by atoms with Crippen molar-refractivity contribution in [1.82, 2.24) is 0 Å². The highest BCUT2D eigenvalue weighted by atomic mass is 79.9. The van der Waals surface area contributed by atoms with E-state index in [9.17, 15) is 5.11 Å². The van der Waals surface area contributed by atoms with Gasteiger partial charge in [0.05, 0.1) is 20.3 Å². The highest BCUT2D eigenvalue weighted by Crippen LogP contribution is 2.45. The average Bonchev–Trinajstić information content (AvgIpc) is 2.37. The minimum Gasteiger partial charge on any atom is -0.495 e. The molecule has 4 heteroatoms. The van der Waals surface area contributed by atoms with E-state index in [4.69, 9.17) is 9.47 Å². The first-order valence-electron chi connectivity index (χ1n) is 5.97. The van der Waals surface area contributed by atoms with Gasteiger partial charge in [-0.15, -0.1) is 0 Å². The van der Waals surface area contributed by atoms with Crippen LogP contribution in [0.1, 0.15) is 38.9 Å². The Morgan fingerprint density at radius 2 is 1.89 bits per heavy atom. The second kappa shape index (κ2) is 5.93. The summed E-state index contributed by atoms with van der Waals surface area (Å²) in [5.41, 5.74) is 0.568. The van der Waals surface area contributed by atoms with Gasteiger partial charge in [-0.05, 0) is 39.9 Å². The van der Waals surface area contributed by atoms with E-state index in [-0.39, 0.29) is 5.41 Å². The third-order valence-corrected chi connectivity index (χ3v) is 4.21. The van der Waals surface area contributed by atoms with Gasteiger partial charge in [-0.25, -0.2) is 0 Å². The first kappa shape index (κ1) is 15.3. The minimum atomic E-state index is -0.584. The lowest BCUT2D eigenvalue weighted by molar-refractivity contribution is 0.0444. The maximum Gasteiger partial charge on any atom is 0.142 e. The fourth-order valence-electron chi connectivity index (χ4n) is 1.75. The summed E-state index contributed by atoms with van der Waals surface area (Å²) >= 11 is 3.45. The molecule has 0 saturated carbocycles. The molecule has 0 saturated heterocycles. The average molecular weight is 317 g/mol. The minimum absolute atomic E-state index is 0.207. The molecule has 0 aliphatic rings. The maximum absolute atomic E-state index is 10.5. The number of hydrogen-bond acceptors (Lipinski definition) is 3. The van der Waals surface area contributed by atoms with E-state index >= 15 is 0 Å². The summed E-state index contributed by atoms with van der Waals surface area (Å²) in [6.07, 6.45) is 0.292. The molecular weight excluding hydrogens is 296 g/mol. The van der Waals surface area contributed by atoms with Gasteiger partial charge in [0.1, 0.15) is 16.0 Å². The first-order valence-corrected chi connectivity index (χ1v) is 6.76. The van der Waals surface area contributed by atoms with Gasteiger partial charge < -0.3 is 14.6 Å². The van der Waals surface area contributed by atoms with Crippen LogP contribution in [0.5, 0.6) is 11.5 Å². The zero-order chi connectivity index (χ0) is 13.9. The Bertz CT molecular complexity index is 416. The van der Waals surface area contributed by atoms with Gasteiger partial charge >= 0.3 is 0 Å². The molecule has 0 radical (unpaired) electrons. The molecule has 0 aromatic heterocycles. The summed E-state index contributed by atoms with van der Waals surface area (Å²) in [5.74, 6) is 1.32. The predicted octanol–water partition coefficient (Wildman–Crippen LogP) is 3.94. The molecule has 0 aliphatic heterocycles. The lowest BCUT2D eigenvalue weighted by Gasteiger charge is -2.31. The lowest BCUT2D eigenvalue weighted by atomic mass is 9.80. The van der Waals surface area contributed by atoms with E-state index in [1.54, 1.807) is 14.2 Å². The summed E-state index contributed by atoms with van der Waals surface area (Å²) in [5, 5.41) is 10.5. The second-order valence-corrected chi connectivity index (χ2v) is 5.74. The number of aliphatic hydroxyl groups is 1. The summed E-state index contributed by atoms with van der Waals surface area (Å²) in [6.45, 7) is 6.14. The van der Waals surface area contributed by atoms with Crippen LogP contribution in [0.4, 0.5) is 0 Å². The van der Waals surface area contributed by atoms with Crippen LogP contribution >= 0.6 is 15.9 Å². The predicted molar refractivity (Wildman–Crippen MR) is 76.3 cm³/mol. The molecule has 102 valence electrons. The Balaban J connectivity index is 3.29. The molecule has 0 amide bonds. The van der Waals surface area contributed by atoms with E-state index < -0.39 is 6.10 Å². The molecular formula is C14H21BrO3. The van der Waals surface area contributed by atoms with Crippen molar-refractivity contribution >= 4 is 15.9 Å². The molecule has 18 heavy (non-hydrogen) atoms. The normalized spacial score (nSPS) is 13.3. The van der Waals surface area contributed by atoms with E-state index in [1.807, 2.05) is 26.0 Å². The summed E-state index contributed by atoms with van der Waals surface area (Å²) < 4.78 is 11.4. The standard InChI is InChI=1S/C14H21BrO3/c1-6-14(2,3)13(16)9-7-8-10(17-4)11(15)12(9)18-5/h7-8,13,16H,6H2,1-5H3. The van der Waals surface area contributed by atoms with E-state index in [0.717, 1.165) is 16.5 Å². The number of hydrogen-bond donors (Lipinski definition) is 1. The maximum atomic E-state index is 10.5. The van der Waals surface area contributed by atoms with Crippen LogP contribution in [0.2, 0.25) is 0 Å². The van der Waals surface area contributed by atoms with E-state index in [1.165, 1.54) is 0 Å². The van der Waals surface area contributed by atoms with Crippen molar-refractivity contribution in [3.63, 3.8) is 0 Å². The van der Waals surface area contributed by atoms with Crippen molar-refractivity contribution in [3.8, 4) is 11.5 Å². The first-order chi connectivity index (χ1) is 8.38. The number of methoxy groups -OCH3 is 2. The second-order valence-electron chi connectivity index (χ2n) is 4.95. The van der Waals surface area contributed by atoms with Gasteiger partial charge in [0.15, 0.2) is 0 Å². The molecule has 0 spiro atoms. The van der Waals surface area contributed by atoms with Crippen LogP contribution in [0, 0.1) is 5.41 Å². The molecule has 1 aromatic carbocycles. The summed E-state index contributed by atoms with van der Waals surface area (Å²) in [7, 11) is 3.19. The van der Waals surface area contributed by atoms with Crippen molar-refractivity contribution in [2.75, 3.05) is 14.2 Å². The Kier molecular flexibility index (Phi) is 5.05. The van der Waals surface area contributed by atoms with Gasteiger partial charge in [0.2, 0.25) is 0 Å². The molecule has 0 aliphatic carbocycles. The Morgan fingerprint density at radius 1 is 1.28 bits per heavy atom. The monoisotopic (exact) mass is 316 g/mol. The van der Waals surface area contributed by atoms with Gasteiger partial charge in [0.25, 0.3) is 0 Å². The van der Waals surface area contributed by atoms with Crippen LogP contribution in [0.3, 0.4) is 0 Å². The quantitative estimate of drug-likeness (QED) is 0.894. The Labute approximate surface area is 117 Å². The topological polar surface area (TPSA) is 38.7 Å². The van der Waals surface area contributed by atoms with Gasteiger partial charge in [-0.3, -0.25) is 0 Å². The number of ether oxygens (including phenoxy) is 2. The van der Waals surface area contributed by atoms with Crippen molar-refractivity contribution in [3.05, 3.63) is 22.2 Å². The van der Waals surface area contributed by atoms with Gasteiger partial charge in [-0.2, -0.15) is 0 Å². The molecule has 1 atom stereocenters. The van der Waals surface area contributed by atoms with Crippen molar-refractivity contribution in [1.29, 1.82) is 0 Å². The zero-order valence-corrected chi connectivity index (χ0v) is 13.2. The van der Waals surface area contributed by atoms with Gasteiger partial charge in [-0.1, -0.05) is 20.8 Å². The SMILES string of the molecule is CCC(C)(C)C(O)c1ccc(OC)c(Br)c1OC. The molecule has 1 N–H and O–H groups in total. The third-order valence-electron chi connectivity index (χ3n) is 3.46. The van der Waals surface area contributed by atoms with Crippen molar-refractivity contribution in [2.24, 2.45) is 5.41 Å². The van der Waals surface area contributed by atoms with E-state index in [2.05, 4.69) is 22.9 Å². The lowest BCUT2D eigenvalue weighted by Crippen LogP contribution is -2.21. The Morgan fingerprint density at radius 3 is 2.33 bits per heavy atom. The number of halogens is 1. The summed E-state index contributed by atoms with van der Waals surface area (Å²) in [6, 6.07) is 3.68. The molecule has 1 rings (SSSR count). The van der Waals surface area contributed by atoms with Crippen LogP contribution in [0.15, 0.2) is 16.6 Å². The van der Waals surface area contributed by atoms with Crippen LogP contribution in [0.25, 0.3) is 0 Å². The molecule has 0 bridgehead atoms. The molecule has 0 fully saturated rings. The number of benzene rings is 1. The number of aliphatic hydroxyl groups excluding tert-OH is 1. The third kappa shape index (κ3) is 2.81. The van der Waals surface area contributed by atoms with Crippen LogP contribution in [-0.2, 0) is 0 Å². The molecule has 0 heterocycles. The molecule has 1 unspecified atom stereocenters. The van der Waals surface area contributed by atoms with Gasteiger partial charge in [0, 0.05) is 5.56 Å². The van der Waals surface area contributed by atoms with E-state index in [0.29, 0.717) is 11.5 Å². The molecule has 1 aromatic rings. The summed E-state index contributed by atoms with van der Waals surface area (Å²) in [4.78, 5) is 0. The number of rotatable bonds is 5. The van der Waals surface area contributed by atoms with Crippen LogP contribution < -0.4 is 9.47 Å². The molecule has 3 nitrogen and oxygen atoms in total. The van der Waals surface area contributed by atoms with Crippen molar-refractivity contribution in [2.45, 2.75) is 33.3 Å². The highest BCUT2D eigenvalue weighted by molar-refractivity contribution is 9.10. The fourth-order valence-corrected chi connectivity index (χ4v) is 2.43. The highest BCUT2D eigenvalue weighted by Gasteiger charge is 2.30. The van der Waals surface area contributed by atoms with Crippen LogP contribution in [-0.4, -0.2) is 19.3 Å².